The van der Waals surface area contributed by atoms with Gasteiger partial charge in [-0.2, -0.15) is 5.10 Å². The molecule has 7 heteroatoms. The molecule has 0 saturated carbocycles. The molecule has 1 aromatic carbocycles. The van der Waals surface area contributed by atoms with Crippen molar-refractivity contribution < 1.29 is 4.79 Å². The van der Waals surface area contributed by atoms with E-state index in [0.717, 1.165) is 11.5 Å². The Bertz CT molecular complexity index is 624. The first-order chi connectivity index (χ1) is 9.01. The number of hydrogen-bond acceptors (Lipinski definition) is 3. The van der Waals surface area contributed by atoms with Gasteiger partial charge in [-0.25, -0.2) is 9.67 Å². The van der Waals surface area contributed by atoms with E-state index in [9.17, 15) is 4.79 Å². The summed E-state index contributed by atoms with van der Waals surface area (Å²) < 4.78 is 1.64. The SMILES string of the molecule is CCc1nc(CC(N)=O)nn1-c1ccc(Cl)c(Cl)c1. The Morgan fingerprint density at radius 3 is 2.68 bits per heavy atom. The lowest BCUT2D eigenvalue weighted by Gasteiger charge is -2.05. The summed E-state index contributed by atoms with van der Waals surface area (Å²) in [5.74, 6) is 0.666. The van der Waals surface area contributed by atoms with E-state index in [1.54, 1.807) is 22.9 Å². The van der Waals surface area contributed by atoms with Crippen LogP contribution in [0.1, 0.15) is 18.6 Å². The lowest BCUT2D eigenvalue weighted by Crippen LogP contribution is -2.14. The van der Waals surface area contributed by atoms with Gasteiger partial charge in [0.1, 0.15) is 5.82 Å². The van der Waals surface area contributed by atoms with Crippen molar-refractivity contribution >= 4 is 29.1 Å². The molecule has 2 N–H and O–H groups in total. The van der Waals surface area contributed by atoms with Crippen molar-refractivity contribution in [3.05, 3.63) is 39.9 Å². The second kappa shape index (κ2) is 5.59. The number of primary amides is 1. The third-order valence-electron chi connectivity index (χ3n) is 2.51. The predicted molar refractivity (Wildman–Crippen MR) is 73.7 cm³/mol. The quantitative estimate of drug-likeness (QED) is 0.940. The zero-order valence-electron chi connectivity index (χ0n) is 10.2. The minimum atomic E-state index is -0.464. The van der Waals surface area contributed by atoms with Gasteiger partial charge in [-0.05, 0) is 18.2 Å². The molecule has 0 atom stereocenters. The molecule has 1 aromatic heterocycles. The highest BCUT2D eigenvalue weighted by molar-refractivity contribution is 6.42. The number of benzene rings is 1. The number of carbonyl (C=O) groups is 1. The molecule has 19 heavy (non-hydrogen) atoms. The molecular weight excluding hydrogens is 287 g/mol. The highest BCUT2D eigenvalue weighted by Crippen LogP contribution is 2.24. The molecule has 1 amide bonds. The monoisotopic (exact) mass is 298 g/mol. The van der Waals surface area contributed by atoms with E-state index >= 15 is 0 Å². The van der Waals surface area contributed by atoms with Gasteiger partial charge in [0.05, 0.1) is 22.2 Å². The van der Waals surface area contributed by atoms with E-state index in [1.165, 1.54) is 0 Å². The van der Waals surface area contributed by atoms with Crippen LogP contribution in [0.25, 0.3) is 5.69 Å². The van der Waals surface area contributed by atoms with Crippen molar-refractivity contribution in [1.82, 2.24) is 14.8 Å². The van der Waals surface area contributed by atoms with Crippen LogP contribution in [-0.4, -0.2) is 20.7 Å². The molecule has 0 radical (unpaired) electrons. The number of aryl methyl sites for hydroxylation is 1. The van der Waals surface area contributed by atoms with Gasteiger partial charge in [-0.15, -0.1) is 0 Å². The number of nitrogens with two attached hydrogens (primary N) is 1. The Balaban J connectivity index is 2.45. The van der Waals surface area contributed by atoms with Crippen molar-refractivity contribution in [1.29, 1.82) is 0 Å². The Hall–Kier alpha value is -1.59. The average Bonchev–Trinajstić information content (AvgIpc) is 2.74. The van der Waals surface area contributed by atoms with Crippen molar-refractivity contribution in [3.63, 3.8) is 0 Å². The number of amides is 1. The van der Waals surface area contributed by atoms with Crippen LogP contribution < -0.4 is 5.73 Å². The molecular formula is C12H12Cl2N4O. The summed E-state index contributed by atoms with van der Waals surface area (Å²) in [5, 5.41) is 5.18. The van der Waals surface area contributed by atoms with Crippen molar-refractivity contribution in [2.45, 2.75) is 19.8 Å². The molecule has 0 saturated heterocycles. The average molecular weight is 299 g/mol. The van der Waals surface area contributed by atoms with E-state index in [4.69, 9.17) is 28.9 Å². The number of rotatable bonds is 4. The van der Waals surface area contributed by atoms with Crippen molar-refractivity contribution in [3.8, 4) is 5.69 Å². The molecule has 1 heterocycles. The summed E-state index contributed by atoms with van der Waals surface area (Å²) in [6, 6.07) is 5.18. The number of halogens is 2. The largest absolute Gasteiger partial charge is 0.369 e. The number of hydrogen-bond donors (Lipinski definition) is 1. The highest BCUT2D eigenvalue weighted by Gasteiger charge is 2.12. The Morgan fingerprint density at radius 2 is 2.11 bits per heavy atom. The number of carbonyl (C=O) groups excluding carboxylic acids is 1. The van der Waals surface area contributed by atoms with Gasteiger partial charge in [-0.3, -0.25) is 4.79 Å². The van der Waals surface area contributed by atoms with Gasteiger partial charge in [0, 0.05) is 6.42 Å². The van der Waals surface area contributed by atoms with Crippen LogP contribution in [0.3, 0.4) is 0 Å². The smallest absolute Gasteiger partial charge is 0.225 e. The summed E-state index contributed by atoms with van der Waals surface area (Å²) in [4.78, 5) is 15.2. The first-order valence-corrected chi connectivity index (χ1v) is 6.45. The Labute approximate surface area is 120 Å². The molecule has 0 aliphatic carbocycles. The molecule has 5 nitrogen and oxygen atoms in total. The third kappa shape index (κ3) is 3.05. The lowest BCUT2D eigenvalue weighted by atomic mass is 10.3. The van der Waals surface area contributed by atoms with Crippen LogP contribution in [0.15, 0.2) is 18.2 Å². The van der Waals surface area contributed by atoms with Crippen molar-refractivity contribution in [2.75, 3.05) is 0 Å². The van der Waals surface area contributed by atoms with Gasteiger partial charge < -0.3 is 5.73 Å². The zero-order valence-corrected chi connectivity index (χ0v) is 11.7. The van der Waals surface area contributed by atoms with Crippen LogP contribution in [0.2, 0.25) is 10.0 Å². The van der Waals surface area contributed by atoms with Crippen LogP contribution >= 0.6 is 23.2 Å². The van der Waals surface area contributed by atoms with E-state index in [0.29, 0.717) is 22.3 Å². The van der Waals surface area contributed by atoms with Gasteiger partial charge >= 0.3 is 0 Å². The maximum atomic E-state index is 10.9. The molecule has 100 valence electrons. The summed E-state index contributed by atoms with van der Waals surface area (Å²) in [6.07, 6.45) is 0.688. The standard InChI is InChI=1S/C12H12Cl2N4O/c1-2-12-16-11(6-10(15)19)17-18(12)7-3-4-8(13)9(14)5-7/h3-5H,2,6H2,1H3,(H2,15,19). The minimum absolute atomic E-state index is 0.0152. The maximum Gasteiger partial charge on any atom is 0.225 e. The van der Waals surface area contributed by atoms with Gasteiger partial charge in [0.2, 0.25) is 5.91 Å². The van der Waals surface area contributed by atoms with Crippen molar-refractivity contribution in [2.24, 2.45) is 5.73 Å². The molecule has 0 spiro atoms. The third-order valence-corrected chi connectivity index (χ3v) is 3.25. The summed E-state index contributed by atoms with van der Waals surface area (Å²) >= 11 is 11.9. The van der Waals surface area contributed by atoms with Gasteiger partial charge in [-0.1, -0.05) is 30.1 Å². The highest BCUT2D eigenvalue weighted by atomic mass is 35.5. The second-order valence-corrected chi connectivity index (χ2v) is 4.77. The molecule has 2 aromatic rings. The van der Waals surface area contributed by atoms with Crippen LogP contribution in [0.5, 0.6) is 0 Å². The molecule has 0 aliphatic heterocycles. The second-order valence-electron chi connectivity index (χ2n) is 3.95. The minimum Gasteiger partial charge on any atom is -0.369 e. The number of aromatic nitrogens is 3. The van der Waals surface area contributed by atoms with Gasteiger partial charge in [0.25, 0.3) is 0 Å². The van der Waals surface area contributed by atoms with Gasteiger partial charge in [0.15, 0.2) is 5.82 Å². The molecule has 0 unspecified atom stereocenters. The summed E-state index contributed by atoms with van der Waals surface area (Å²) in [6.45, 7) is 1.95. The Kier molecular flexibility index (Phi) is 4.07. The fourth-order valence-electron chi connectivity index (χ4n) is 1.67. The van der Waals surface area contributed by atoms with Crippen LogP contribution in [0, 0.1) is 0 Å². The topological polar surface area (TPSA) is 73.8 Å². The summed E-state index contributed by atoms with van der Waals surface area (Å²) in [7, 11) is 0. The van der Waals surface area contributed by atoms with E-state index in [2.05, 4.69) is 10.1 Å². The molecule has 0 bridgehead atoms. The normalized spacial score (nSPS) is 10.7. The molecule has 2 rings (SSSR count). The number of nitrogens with zero attached hydrogens (tertiary/aromatic N) is 3. The lowest BCUT2D eigenvalue weighted by molar-refractivity contribution is -0.117. The fraction of sp³-hybridized carbons (Fsp3) is 0.250. The van der Waals surface area contributed by atoms with E-state index < -0.39 is 5.91 Å². The molecule has 0 fully saturated rings. The van der Waals surface area contributed by atoms with E-state index in [-0.39, 0.29) is 6.42 Å². The predicted octanol–water partition coefficient (Wildman–Crippen LogP) is 2.16. The zero-order chi connectivity index (χ0) is 14.0. The van der Waals surface area contributed by atoms with Crippen LogP contribution in [-0.2, 0) is 17.6 Å². The Morgan fingerprint density at radius 1 is 1.37 bits per heavy atom. The fourth-order valence-corrected chi connectivity index (χ4v) is 1.97. The summed E-state index contributed by atoms with van der Waals surface area (Å²) in [5.41, 5.74) is 5.89. The first-order valence-electron chi connectivity index (χ1n) is 5.69. The molecule has 0 aliphatic rings. The first kappa shape index (κ1) is 13.8. The van der Waals surface area contributed by atoms with Crippen LogP contribution in [0.4, 0.5) is 0 Å². The maximum absolute atomic E-state index is 10.9. The van der Waals surface area contributed by atoms with E-state index in [1.807, 2.05) is 6.92 Å².